The maximum absolute atomic E-state index is 15.2. The predicted molar refractivity (Wildman–Crippen MR) is 152 cm³/mol. The summed E-state index contributed by atoms with van der Waals surface area (Å²) in [6.45, 7) is 13.3. The molecule has 2 aliphatic heterocycles. The van der Waals surface area contributed by atoms with Crippen LogP contribution in [0.3, 0.4) is 0 Å². The number of rotatable bonds is 8. The van der Waals surface area contributed by atoms with Crippen LogP contribution in [0.5, 0.6) is 0 Å². The number of halogens is 1. The van der Waals surface area contributed by atoms with Gasteiger partial charge in [0.15, 0.2) is 0 Å². The fraction of sp³-hybridized carbons (Fsp3) is 0.548. The number of nitrogens with zero attached hydrogens (tertiary/aromatic N) is 4. The van der Waals surface area contributed by atoms with Crippen LogP contribution in [0.1, 0.15) is 77.7 Å². The molecule has 0 spiro atoms. The van der Waals surface area contributed by atoms with Gasteiger partial charge in [-0.3, -0.25) is 4.79 Å². The average Bonchev–Trinajstić information content (AvgIpc) is 3.44. The van der Waals surface area contributed by atoms with E-state index in [9.17, 15) is 4.79 Å². The van der Waals surface area contributed by atoms with Crippen molar-refractivity contribution >= 4 is 23.4 Å². The summed E-state index contributed by atoms with van der Waals surface area (Å²) in [5.74, 6) is 0.233. The van der Waals surface area contributed by atoms with E-state index in [1.807, 2.05) is 35.9 Å². The standard InChI is InChI=1S/C31H43FN4O/c1-6-28(31(4)15-16-31)34(5)29(33-22-30(37)36-19-9-7-8-12-24(36)3)20-23(2)26-14-13-25(21-27(26)32)35-17-10-11-18-35/h6,13-14,20-22,24H,2,7-12,15-19H2,1,3-5H3/b28-6-,29-20-,33-22+. The fourth-order valence-corrected chi connectivity index (χ4v) is 5.70. The summed E-state index contributed by atoms with van der Waals surface area (Å²) in [5, 5.41) is 0. The zero-order chi connectivity index (χ0) is 26.6. The van der Waals surface area contributed by atoms with Crippen LogP contribution < -0.4 is 4.90 Å². The van der Waals surface area contributed by atoms with Crippen molar-refractivity contribution in [2.45, 2.75) is 78.2 Å². The highest BCUT2D eigenvalue weighted by atomic mass is 19.1. The van der Waals surface area contributed by atoms with Gasteiger partial charge in [0.05, 0.1) is 6.21 Å². The molecule has 5 nitrogen and oxygen atoms in total. The number of likely N-dealkylation sites (tertiary alicyclic amines) is 1. The third-order valence-electron chi connectivity index (χ3n) is 8.31. The molecule has 6 heteroatoms. The number of benzene rings is 1. The number of aliphatic imine (C=N–C) groups is 1. The van der Waals surface area contributed by atoms with Crippen molar-refractivity contribution in [2.24, 2.45) is 10.4 Å². The minimum atomic E-state index is -0.286. The molecular formula is C31H43FN4O. The maximum atomic E-state index is 15.2. The SMILES string of the molecule is C=C(/C=C(/N=C/C(=O)N1CCCCCC1C)N(C)/C(=C\C)C1(C)CC1)c1ccc(N2CCCC2)cc1F. The van der Waals surface area contributed by atoms with Crippen molar-refractivity contribution in [3.63, 3.8) is 0 Å². The quantitative estimate of drug-likeness (QED) is 0.288. The summed E-state index contributed by atoms with van der Waals surface area (Å²) >= 11 is 0. The highest BCUT2D eigenvalue weighted by Gasteiger charge is 2.43. The first-order valence-electron chi connectivity index (χ1n) is 13.9. The summed E-state index contributed by atoms with van der Waals surface area (Å²) < 4.78 is 15.2. The maximum Gasteiger partial charge on any atom is 0.265 e. The molecule has 1 unspecified atom stereocenters. The second-order valence-corrected chi connectivity index (χ2v) is 11.2. The van der Waals surface area contributed by atoms with E-state index in [1.165, 1.54) is 6.21 Å². The highest BCUT2D eigenvalue weighted by Crippen LogP contribution is 2.52. The summed E-state index contributed by atoms with van der Waals surface area (Å²) in [7, 11) is 1.97. The minimum Gasteiger partial charge on any atom is -0.371 e. The molecule has 1 aliphatic carbocycles. The molecule has 0 radical (unpaired) electrons. The number of carbonyl (C=O) groups is 1. The molecule has 3 aliphatic rings. The summed E-state index contributed by atoms with van der Waals surface area (Å²) in [6, 6.07) is 5.61. The molecular weight excluding hydrogens is 463 g/mol. The van der Waals surface area contributed by atoms with Gasteiger partial charge in [-0.05, 0) is 82.2 Å². The van der Waals surface area contributed by atoms with E-state index in [0.29, 0.717) is 17.0 Å². The van der Waals surface area contributed by atoms with Crippen molar-refractivity contribution in [3.05, 3.63) is 59.8 Å². The fourth-order valence-electron chi connectivity index (χ4n) is 5.70. The topological polar surface area (TPSA) is 39.2 Å². The van der Waals surface area contributed by atoms with Crippen LogP contribution in [0.4, 0.5) is 10.1 Å². The number of anilines is 1. The van der Waals surface area contributed by atoms with Crippen molar-refractivity contribution in [1.82, 2.24) is 9.80 Å². The average molecular weight is 507 g/mol. The van der Waals surface area contributed by atoms with Crippen molar-refractivity contribution < 1.29 is 9.18 Å². The molecule has 1 saturated carbocycles. The van der Waals surface area contributed by atoms with Crippen molar-refractivity contribution in [2.75, 3.05) is 31.6 Å². The third-order valence-corrected chi connectivity index (χ3v) is 8.31. The Kier molecular flexibility index (Phi) is 8.56. The van der Waals surface area contributed by atoms with Crippen LogP contribution in [-0.2, 0) is 4.79 Å². The van der Waals surface area contributed by atoms with Crippen LogP contribution in [0.25, 0.3) is 5.57 Å². The Labute approximate surface area is 222 Å². The molecule has 0 bridgehead atoms. The van der Waals surface area contributed by atoms with Gasteiger partial charge in [0, 0.05) is 55.1 Å². The minimum absolute atomic E-state index is 0.0693. The van der Waals surface area contributed by atoms with Gasteiger partial charge >= 0.3 is 0 Å². The molecule has 2 saturated heterocycles. The lowest BCUT2D eigenvalue weighted by atomic mass is 10.0. The van der Waals surface area contributed by atoms with E-state index in [2.05, 4.69) is 36.4 Å². The lowest BCUT2D eigenvalue weighted by Gasteiger charge is -2.28. The highest BCUT2D eigenvalue weighted by molar-refractivity contribution is 6.26. The zero-order valence-electron chi connectivity index (χ0n) is 23.1. The molecule has 1 aromatic carbocycles. The molecule has 2 heterocycles. The Balaban J connectivity index is 1.61. The van der Waals surface area contributed by atoms with Gasteiger partial charge in [-0.1, -0.05) is 32.4 Å². The Bertz CT molecular complexity index is 1090. The molecule has 37 heavy (non-hydrogen) atoms. The molecule has 4 rings (SSSR count). The second kappa shape index (κ2) is 11.7. The molecule has 1 atom stereocenters. The number of carbonyl (C=O) groups excluding carboxylic acids is 1. The Hall–Kier alpha value is -2.89. The number of hydrogen-bond donors (Lipinski definition) is 0. The van der Waals surface area contributed by atoms with Gasteiger partial charge < -0.3 is 14.7 Å². The van der Waals surface area contributed by atoms with Crippen LogP contribution >= 0.6 is 0 Å². The lowest BCUT2D eigenvalue weighted by Crippen LogP contribution is -2.39. The Morgan fingerprint density at radius 3 is 2.51 bits per heavy atom. The lowest BCUT2D eigenvalue weighted by molar-refractivity contribution is -0.125. The van der Waals surface area contributed by atoms with Gasteiger partial charge in [-0.2, -0.15) is 0 Å². The number of amides is 1. The van der Waals surface area contributed by atoms with E-state index in [-0.39, 0.29) is 23.2 Å². The van der Waals surface area contributed by atoms with E-state index in [0.717, 1.165) is 82.4 Å². The second-order valence-electron chi connectivity index (χ2n) is 11.2. The van der Waals surface area contributed by atoms with Crippen LogP contribution in [0, 0.1) is 11.2 Å². The van der Waals surface area contributed by atoms with E-state index < -0.39 is 0 Å². The number of allylic oxidation sites excluding steroid dienone is 4. The van der Waals surface area contributed by atoms with Crippen LogP contribution in [0.2, 0.25) is 0 Å². The smallest absolute Gasteiger partial charge is 0.265 e. The largest absolute Gasteiger partial charge is 0.371 e. The van der Waals surface area contributed by atoms with Crippen LogP contribution in [0.15, 0.2) is 53.4 Å². The van der Waals surface area contributed by atoms with Crippen molar-refractivity contribution in [3.8, 4) is 0 Å². The van der Waals surface area contributed by atoms with Crippen LogP contribution in [-0.4, -0.2) is 54.6 Å². The van der Waals surface area contributed by atoms with Gasteiger partial charge in [0.25, 0.3) is 5.91 Å². The molecule has 0 N–H and O–H groups in total. The summed E-state index contributed by atoms with van der Waals surface area (Å²) in [6.07, 6.45) is 14.2. The Morgan fingerprint density at radius 1 is 1.16 bits per heavy atom. The first-order chi connectivity index (χ1) is 17.7. The molecule has 3 fully saturated rings. The van der Waals surface area contributed by atoms with Gasteiger partial charge in [-0.15, -0.1) is 0 Å². The van der Waals surface area contributed by atoms with E-state index >= 15 is 4.39 Å². The van der Waals surface area contributed by atoms with Gasteiger partial charge in [0.2, 0.25) is 0 Å². The van der Waals surface area contributed by atoms with E-state index in [1.54, 1.807) is 12.1 Å². The Morgan fingerprint density at radius 2 is 1.86 bits per heavy atom. The number of hydrogen-bond acceptors (Lipinski definition) is 4. The zero-order valence-corrected chi connectivity index (χ0v) is 23.1. The molecule has 1 aromatic rings. The van der Waals surface area contributed by atoms with E-state index in [4.69, 9.17) is 0 Å². The predicted octanol–water partition coefficient (Wildman–Crippen LogP) is 6.78. The monoisotopic (exact) mass is 506 g/mol. The first kappa shape index (κ1) is 27.2. The molecule has 200 valence electrons. The first-order valence-corrected chi connectivity index (χ1v) is 13.9. The van der Waals surface area contributed by atoms with Gasteiger partial charge in [-0.25, -0.2) is 9.38 Å². The third kappa shape index (κ3) is 6.34. The van der Waals surface area contributed by atoms with Crippen molar-refractivity contribution in [1.29, 1.82) is 0 Å². The normalized spacial score (nSPS) is 22.4. The summed E-state index contributed by atoms with van der Waals surface area (Å²) in [5.41, 5.74) is 3.17. The van der Waals surface area contributed by atoms with Gasteiger partial charge in [0.1, 0.15) is 11.6 Å². The molecule has 0 aromatic heterocycles. The molecule has 1 amide bonds. The summed E-state index contributed by atoms with van der Waals surface area (Å²) in [4.78, 5) is 24.0.